The van der Waals surface area contributed by atoms with E-state index in [0.29, 0.717) is 5.92 Å². The first-order valence-corrected chi connectivity index (χ1v) is 4.78. The largest absolute Gasteiger partial charge is 0.0955 e. The Morgan fingerprint density at radius 1 is 1.31 bits per heavy atom. The van der Waals surface area contributed by atoms with Crippen LogP contribution in [-0.2, 0) is 0 Å². The van der Waals surface area contributed by atoms with Gasteiger partial charge in [0.2, 0.25) is 0 Å². The number of hydrogen-bond donors (Lipinski definition) is 0. The molecule has 0 heteroatoms. The lowest BCUT2D eigenvalue weighted by atomic mass is 9.94. The third kappa shape index (κ3) is 2.21. The van der Waals surface area contributed by atoms with Gasteiger partial charge in [-0.05, 0) is 36.5 Å². The van der Waals surface area contributed by atoms with E-state index in [1.807, 2.05) is 0 Å². The highest BCUT2D eigenvalue weighted by molar-refractivity contribution is 5.62. The molecule has 0 aliphatic rings. The molecule has 0 N–H and O–H groups in total. The summed E-state index contributed by atoms with van der Waals surface area (Å²) in [5, 5.41) is 0. The molecule has 0 saturated carbocycles. The minimum absolute atomic E-state index is 0.597. The lowest BCUT2D eigenvalue weighted by molar-refractivity contribution is 0.856. The van der Waals surface area contributed by atoms with Crippen LogP contribution in [0, 0.1) is 6.92 Å². The monoisotopic (exact) mass is 174 g/mol. The zero-order valence-corrected chi connectivity index (χ0v) is 9.02. The Balaban J connectivity index is 3.19. The highest BCUT2D eigenvalue weighted by atomic mass is 14.1. The van der Waals surface area contributed by atoms with Crippen molar-refractivity contribution in [3.05, 3.63) is 41.5 Å². The summed E-state index contributed by atoms with van der Waals surface area (Å²) in [4.78, 5) is 0. The molecule has 0 amide bonds. The minimum Gasteiger partial charge on any atom is -0.0955 e. The Morgan fingerprint density at radius 2 is 1.92 bits per heavy atom. The highest BCUT2D eigenvalue weighted by Gasteiger charge is 2.04. The lowest BCUT2D eigenvalue weighted by Gasteiger charge is -2.11. The lowest BCUT2D eigenvalue weighted by Crippen LogP contribution is -1.93. The molecule has 0 radical (unpaired) electrons. The quantitative estimate of drug-likeness (QED) is 0.631. The van der Waals surface area contributed by atoms with Crippen molar-refractivity contribution in [1.29, 1.82) is 0 Å². The maximum atomic E-state index is 3.96. The molecule has 70 valence electrons. The molecule has 0 aliphatic carbocycles. The maximum Gasteiger partial charge on any atom is -0.0216 e. The summed E-state index contributed by atoms with van der Waals surface area (Å²) < 4.78 is 0. The van der Waals surface area contributed by atoms with E-state index in [4.69, 9.17) is 0 Å². The SMILES string of the molecule is C=C(C)c1ccc(C)c(C(C)C)c1. The fraction of sp³-hybridized carbons (Fsp3) is 0.385. The average Bonchev–Trinajstić information content (AvgIpc) is 2.04. The molecule has 1 rings (SSSR count). The van der Waals surface area contributed by atoms with E-state index in [0.717, 1.165) is 5.57 Å². The number of benzene rings is 1. The summed E-state index contributed by atoms with van der Waals surface area (Å²) in [5.41, 5.74) is 5.21. The van der Waals surface area contributed by atoms with Crippen LogP contribution in [-0.4, -0.2) is 0 Å². The zero-order chi connectivity index (χ0) is 10.0. The van der Waals surface area contributed by atoms with Crippen LogP contribution < -0.4 is 0 Å². The van der Waals surface area contributed by atoms with Gasteiger partial charge in [-0.25, -0.2) is 0 Å². The second-order valence-electron chi connectivity index (χ2n) is 4.01. The Labute approximate surface area is 81.3 Å². The Morgan fingerprint density at radius 3 is 2.38 bits per heavy atom. The first-order chi connectivity index (χ1) is 6.02. The molecular weight excluding hydrogens is 156 g/mol. The number of hydrogen-bond acceptors (Lipinski definition) is 0. The molecule has 1 aromatic rings. The molecule has 0 spiro atoms. The molecule has 0 fully saturated rings. The van der Waals surface area contributed by atoms with Crippen molar-refractivity contribution in [3.8, 4) is 0 Å². The van der Waals surface area contributed by atoms with Gasteiger partial charge in [-0.15, -0.1) is 0 Å². The first-order valence-electron chi connectivity index (χ1n) is 4.78. The van der Waals surface area contributed by atoms with Crippen molar-refractivity contribution >= 4 is 5.57 Å². The Bertz CT molecular complexity index is 319. The molecule has 13 heavy (non-hydrogen) atoms. The van der Waals surface area contributed by atoms with Crippen LogP contribution in [0.15, 0.2) is 24.8 Å². The van der Waals surface area contributed by atoms with Crippen LogP contribution in [0.1, 0.15) is 43.4 Å². The zero-order valence-electron chi connectivity index (χ0n) is 9.02. The molecule has 0 aromatic heterocycles. The van der Waals surface area contributed by atoms with Crippen LogP contribution in [0.2, 0.25) is 0 Å². The van der Waals surface area contributed by atoms with E-state index in [-0.39, 0.29) is 0 Å². The van der Waals surface area contributed by atoms with Gasteiger partial charge in [-0.2, -0.15) is 0 Å². The summed E-state index contributed by atoms with van der Waals surface area (Å²) in [6, 6.07) is 6.57. The van der Waals surface area contributed by atoms with Crippen LogP contribution in [0.5, 0.6) is 0 Å². The van der Waals surface area contributed by atoms with Gasteiger partial charge in [-0.3, -0.25) is 0 Å². The summed E-state index contributed by atoms with van der Waals surface area (Å²) in [6.45, 7) is 12.6. The Kier molecular flexibility index (Phi) is 2.92. The molecule has 0 unspecified atom stereocenters. The van der Waals surface area contributed by atoms with Crippen LogP contribution in [0.4, 0.5) is 0 Å². The van der Waals surface area contributed by atoms with Crippen molar-refractivity contribution in [2.45, 2.75) is 33.6 Å². The molecule has 0 atom stereocenters. The van der Waals surface area contributed by atoms with E-state index in [1.54, 1.807) is 0 Å². The predicted octanol–water partition coefficient (Wildman–Crippen LogP) is 4.15. The molecule has 0 saturated heterocycles. The standard InChI is InChI=1S/C13H18/c1-9(2)12-7-6-11(5)13(8-12)10(3)4/h6-8,10H,1H2,2-5H3. The van der Waals surface area contributed by atoms with Crippen molar-refractivity contribution in [2.24, 2.45) is 0 Å². The Hall–Kier alpha value is -1.04. The first kappa shape index (κ1) is 10.0. The van der Waals surface area contributed by atoms with Gasteiger partial charge in [0, 0.05) is 0 Å². The fourth-order valence-electron chi connectivity index (χ4n) is 1.53. The van der Waals surface area contributed by atoms with E-state index in [1.165, 1.54) is 16.7 Å². The van der Waals surface area contributed by atoms with E-state index < -0.39 is 0 Å². The van der Waals surface area contributed by atoms with E-state index >= 15 is 0 Å². The van der Waals surface area contributed by atoms with Crippen LogP contribution >= 0.6 is 0 Å². The van der Waals surface area contributed by atoms with Gasteiger partial charge >= 0.3 is 0 Å². The maximum absolute atomic E-state index is 3.96. The second-order valence-corrected chi connectivity index (χ2v) is 4.01. The highest BCUT2D eigenvalue weighted by Crippen LogP contribution is 2.23. The molecular formula is C13H18. The van der Waals surface area contributed by atoms with Gasteiger partial charge in [0.05, 0.1) is 0 Å². The molecule has 1 aromatic carbocycles. The predicted molar refractivity (Wildman–Crippen MR) is 60.0 cm³/mol. The third-order valence-electron chi connectivity index (χ3n) is 2.39. The summed E-state index contributed by atoms with van der Waals surface area (Å²) in [5.74, 6) is 0.597. The third-order valence-corrected chi connectivity index (χ3v) is 2.39. The summed E-state index contributed by atoms with van der Waals surface area (Å²) in [7, 11) is 0. The van der Waals surface area contributed by atoms with Crippen molar-refractivity contribution < 1.29 is 0 Å². The fourth-order valence-corrected chi connectivity index (χ4v) is 1.53. The van der Waals surface area contributed by atoms with Gasteiger partial charge in [-0.1, -0.05) is 44.2 Å². The molecule has 0 bridgehead atoms. The topological polar surface area (TPSA) is 0 Å². The second kappa shape index (κ2) is 3.78. The molecule has 0 nitrogen and oxygen atoms in total. The number of allylic oxidation sites excluding steroid dienone is 1. The van der Waals surface area contributed by atoms with E-state index in [2.05, 4.69) is 52.5 Å². The average molecular weight is 174 g/mol. The molecule has 0 aliphatic heterocycles. The smallest absolute Gasteiger partial charge is 0.0216 e. The van der Waals surface area contributed by atoms with Crippen LogP contribution in [0.25, 0.3) is 5.57 Å². The normalized spacial score (nSPS) is 10.5. The number of aryl methyl sites for hydroxylation is 1. The van der Waals surface area contributed by atoms with Gasteiger partial charge < -0.3 is 0 Å². The summed E-state index contributed by atoms with van der Waals surface area (Å²) in [6.07, 6.45) is 0. The minimum atomic E-state index is 0.597. The number of rotatable bonds is 2. The van der Waals surface area contributed by atoms with Gasteiger partial charge in [0.15, 0.2) is 0 Å². The van der Waals surface area contributed by atoms with Crippen molar-refractivity contribution in [3.63, 3.8) is 0 Å². The molecule has 0 heterocycles. The van der Waals surface area contributed by atoms with E-state index in [9.17, 15) is 0 Å². The van der Waals surface area contributed by atoms with Crippen molar-refractivity contribution in [2.75, 3.05) is 0 Å². The summed E-state index contributed by atoms with van der Waals surface area (Å²) >= 11 is 0. The van der Waals surface area contributed by atoms with Gasteiger partial charge in [0.25, 0.3) is 0 Å². The van der Waals surface area contributed by atoms with Crippen molar-refractivity contribution in [1.82, 2.24) is 0 Å². The van der Waals surface area contributed by atoms with Crippen LogP contribution in [0.3, 0.4) is 0 Å². The van der Waals surface area contributed by atoms with Gasteiger partial charge in [0.1, 0.15) is 0 Å².